The number of fused-ring (bicyclic) bond motifs is 3. The van der Waals surface area contributed by atoms with Gasteiger partial charge in [-0.05, 0) is 42.7 Å². The highest BCUT2D eigenvalue weighted by molar-refractivity contribution is 5.88. The molecule has 156 valence electrons. The van der Waals surface area contributed by atoms with Crippen LogP contribution in [0.15, 0.2) is 57.7 Å². The Hall–Kier alpha value is -3.28. The van der Waals surface area contributed by atoms with E-state index in [1.165, 1.54) is 0 Å². The van der Waals surface area contributed by atoms with Crippen LogP contribution in [0.1, 0.15) is 37.8 Å². The summed E-state index contributed by atoms with van der Waals surface area (Å²) in [7, 11) is 0. The molecule has 0 amide bonds. The summed E-state index contributed by atoms with van der Waals surface area (Å²) in [5.74, 6) is 0.377. The third-order valence-electron chi connectivity index (χ3n) is 5.00. The minimum atomic E-state index is -0.962. The van der Waals surface area contributed by atoms with Crippen molar-refractivity contribution in [3.8, 4) is 11.5 Å². The standard InChI is InChI=1S/C24H24O6/c1-4-27-24(26)22-19(15-9-11-16(12-10-15)28-13-14(2)3)20-21(30-22)17-7-5-6-8-18(17)29-23(20)25/h5-12,14,19,22H,4,13H2,1-3H3/t19-,22+/m0/s1. The largest absolute Gasteiger partial charge is 0.493 e. The Kier molecular flexibility index (Phi) is 5.48. The van der Waals surface area contributed by atoms with Crippen LogP contribution in [-0.2, 0) is 9.53 Å². The van der Waals surface area contributed by atoms with Crippen molar-refractivity contribution in [2.75, 3.05) is 13.2 Å². The SMILES string of the molecule is CCOC(=O)[C@@H]1Oc2c(c(=O)oc3ccccc23)[C@@H]1c1ccc(OCC(C)C)cc1. The zero-order chi connectivity index (χ0) is 21.3. The van der Waals surface area contributed by atoms with E-state index >= 15 is 0 Å². The van der Waals surface area contributed by atoms with Crippen LogP contribution in [0.5, 0.6) is 11.5 Å². The van der Waals surface area contributed by atoms with Gasteiger partial charge in [-0.3, -0.25) is 0 Å². The summed E-state index contributed by atoms with van der Waals surface area (Å²) in [4.78, 5) is 25.5. The van der Waals surface area contributed by atoms with Crippen molar-refractivity contribution in [2.45, 2.75) is 32.8 Å². The maximum Gasteiger partial charge on any atom is 0.348 e. The molecule has 0 unspecified atom stereocenters. The first-order valence-electron chi connectivity index (χ1n) is 10.1. The Balaban J connectivity index is 1.79. The zero-order valence-corrected chi connectivity index (χ0v) is 17.2. The molecule has 0 N–H and O–H groups in total. The van der Waals surface area contributed by atoms with Crippen molar-refractivity contribution in [1.82, 2.24) is 0 Å². The van der Waals surface area contributed by atoms with Gasteiger partial charge in [0.2, 0.25) is 6.10 Å². The molecule has 6 nitrogen and oxygen atoms in total. The smallest absolute Gasteiger partial charge is 0.348 e. The zero-order valence-electron chi connectivity index (χ0n) is 17.2. The fourth-order valence-corrected chi connectivity index (χ4v) is 3.66. The summed E-state index contributed by atoms with van der Waals surface area (Å²) in [5, 5.41) is 0.654. The molecule has 0 fully saturated rings. The van der Waals surface area contributed by atoms with Gasteiger partial charge in [-0.1, -0.05) is 38.1 Å². The van der Waals surface area contributed by atoms with Crippen molar-refractivity contribution in [2.24, 2.45) is 5.92 Å². The van der Waals surface area contributed by atoms with Crippen LogP contribution >= 0.6 is 0 Å². The first kappa shape index (κ1) is 20.0. The van der Waals surface area contributed by atoms with Crippen molar-refractivity contribution in [1.29, 1.82) is 0 Å². The fraction of sp³-hybridized carbons (Fsp3) is 0.333. The second-order valence-electron chi connectivity index (χ2n) is 7.67. The van der Waals surface area contributed by atoms with Gasteiger partial charge in [0.25, 0.3) is 0 Å². The Labute approximate surface area is 174 Å². The van der Waals surface area contributed by atoms with Crippen LogP contribution in [0.4, 0.5) is 0 Å². The van der Waals surface area contributed by atoms with Crippen LogP contribution in [0.3, 0.4) is 0 Å². The summed E-state index contributed by atoms with van der Waals surface area (Å²) in [5.41, 5.74) is 0.997. The molecule has 1 aliphatic heterocycles. The van der Waals surface area contributed by atoms with E-state index in [4.69, 9.17) is 18.6 Å². The molecule has 0 aliphatic carbocycles. The van der Waals surface area contributed by atoms with Crippen molar-refractivity contribution in [3.63, 3.8) is 0 Å². The summed E-state index contributed by atoms with van der Waals surface area (Å²) >= 11 is 0. The molecule has 1 aliphatic rings. The first-order chi connectivity index (χ1) is 14.5. The van der Waals surface area contributed by atoms with Crippen molar-refractivity contribution < 1.29 is 23.4 Å². The molecule has 3 aromatic rings. The molecule has 6 heteroatoms. The molecule has 0 radical (unpaired) electrons. The number of esters is 1. The van der Waals surface area contributed by atoms with Gasteiger partial charge in [-0.2, -0.15) is 0 Å². The van der Waals surface area contributed by atoms with Crippen molar-refractivity contribution in [3.05, 3.63) is 70.1 Å². The third-order valence-corrected chi connectivity index (χ3v) is 5.00. The average Bonchev–Trinajstić information content (AvgIpc) is 3.14. The van der Waals surface area contributed by atoms with E-state index in [1.54, 1.807) is 19.1 Å². The quantitative estimate of drug-likeness (QED) is 0.448. The highest BCUT2D eigenvalue weighted by Crippen LogP contribution is 2.44. The number of ether oxygens (including phenoxy) is 3. The molecule has 30 heavy (non-hydrogen) atoms. The van der Waals surface area contributed by atoms with Gasteiger partial charge in [0.1, 0.15) is 17.1 Å². The van der Waals surface area contributed by atoms with E-state index in [9.17, 15) is 9.59 Å². The Morgan fingerprint density at radius 2 is 1.83 bits per heavy atom. The maximum atomic E-state index is 12.9. The molecular formula is C24H24O6. The predicted octanol–water partition coefficient (Wildman–Crippen LogP) is 4.28. The molecule has 0 saturated heterocycles. The summed E-state index contributed by atoms with van der Waals surface area (Å²) in [6, 6.07) is 14.5. The predicted molar refractivity (Wildman–Crippen MR) is 112 cm³/mol. The molecule has 0 spiro atoms. The third kappa shape index (κ3) is 3.65. The van der Waals surface area contributed by atoms with E-state index in [-0.39, 0.29) is 6.61 Å². The lowest BCUT2D eigenvalue weighted by molar-refractivity contribution is -0.151. The van der Waals surface area contributed by atoms with Gasteiger partial charge in [0.15, 0.2) is 0 Å². The molecule has 1 aromatic heterocycles. The average molecular weight is 408 g/mol. The number of benzene rings is 2. The van der Waals surface area contributed by atoms with Crippen LogP contribution in [-0.4, -0.2) is 25.3 Å². The number of carbonyl (C=O) groups is 1. The topological polar surface area (TPSA) is 75.0 Å². The minimum absolute atomic E-state index is 0.221. The summed E-state index contributed by atoms with van der Waals surface area (Å²) in [6.07, 6.45) is -0.962. The molecule has 0 bridgehead atoms. The second-order valence-corrected chi connectivity index (χ2v) is 7.67. The minimum Gasteiger partial charge on any atom is -0.493 e. The molecule has 2 aromatic carbocycles. The van der Waals surface area contributed by atoms with Crippen LogP contribution in [0.25, 0.3) is 11.0 Å². The lowest BCUT2D eigenvalue weighted by Gasteiger charge is -2.18. The van der Waals surface area contributed by atoms with Crippen LogP contribution < -0.4 is 15.1 Å². The fourth-order valence-electron chi connectivity index (χ4n) is 3.66. The maximum absolute atomic E-state index is 12.9. The van der Waals surface area contributed by atoms with Crippen LogP contribution in [0.2, 0.25) is 0 Å². The highest BCUT2D eigenvalue weighted by Gasteiger charge is 2.45. The Bertz CT molecular complexity index is 1110. The van der Waals surface area contributed by atoms with Gasteiger partial charge >= 0.3 is 11.6 Å². The van der Waals surface area contributed by atoms with E-state index in [2.05, 4.69) is 13.8 Å². The highest BCUT2D eigenvalue weighted by atomic mass is 16.6. The molecule has 2 atom stereocenters. The van der Waals surface area contributed by atoms with E-state index in [0.29, 0.717) is 34.8 Å². The van der Waals surface area contributed by atoms with E-state index in [1.807, 2.05) is 36.4 Å². The van der Waals surface area contributed by atoms with Gasteiger partial charge in [-0.15, -0.1) is 0 Å². The van der Waals surface area contributed by atoms with Gasteiger partial charge in [0.05, 0.1) is 30.1 Å². The molecular weight excluding hydrogens is 384 g/mol. The monoisotopic (exact) mass is 408 g/mol. The van der Waals surface area contributed by atoms with Gasteiger partial charge < -0.3 is 18.6 Å². The normalized spacial score (nSPS) is 17.6. The lowest BCUT2D eigenvalue weighted by Crippen LogP contribution is -2.32. The number of rotatable bonds is 6. The number of hydrogen-bond acceptors (Lipinski definition) is 6. The molecule has 0 saturated carbocycles. The van der Waals surface area contributed by atoms with Crippen molar-refractivity contribution >= 4 is 16.9 Å². The summed E-state index contributed by atoms with van der Waals surface area (Å²) in [6.45, 7) is 6.72. The molecule has 2 heterocycles. The van der Waals surface area contributed by atoms with Gasteiger partial charge in [-0.25, -0.2) is 9.59 Å². The van der Waals surface area contributed by atoms with E-state index < -0.39 is 23.6 Å². The number of carbonyl (C=O) groups excluding carboxylic acids is 1. The Morgan fingerprint density at radius 3 is 2.53 bits per heavy atom. The van der Waals surface area contributed by atoms with E-state index in [0.717, 1.165) is 11.3 Å². The molecule has 4 rings (SSSR count). The van der Waals surface area contributed by atoms with Gasteiger partial charge in [0, 0.05) is 0 Å². The lowest BCUT2D eigenvalue weighted by atomic mass is 9.88. The number of para-hydroxylation sites is 1. The van der Waals surface area contributed by atoms with Crippen LogP contribution in [0, 0.1) is 5.92 Å². The summed E-state index contributed by atoms with van der Waals surface area (Å²) < 4.78 is 22.5. The second kappa shape index (κ2) is 8.22. The Morgan fingerprint density at radius 1 is 1.10 bits per heavy atom. The first-order valence-corrected chi connectivity index (χ1v) is 10.1. The number of hydrogen-bond donors (Lipinski definition) is 0.